The van der Waals surface area contributed by atoms with Crippen LogP contribution in [0.2, 0.25) is 0 Å². The predicted molar refractivity (Wildman–Crippen MR) is 107 cm³/mol. The zero-order chi connectivity index (χ0) is 20.1. The van der Waals surface area contributed by atoms with Gasteiger partial charge in [-0.25, -0.2) is 8.42 Å². The average molecular weight is 398 g/mol. The predicted octanol–water partition coefficient (Wildman–Crippen LogP) is 3.07. The Morgan fingerprint density at radius 3 is 2.54 bits per heavy atom. The van der Waals surface area contributed by atoms with Gasteiger partial charge in [0.25, 0.3) is 0 Å². The molecule has 0 fully saturated rings. The quantitative estimate of drug-likeness (QED) is 0.662. The van der Waals surface area contributed by atoms with E-state index < -0.39 is 10.0 Å². The smallest absolute Gasteiger partial charge is 0.243 e. The van der Waals surface area contributed by atoms with E-state index in [1.807, 2.05) is 30.3 Å². The van der Waals surface area contributed by atoms with Crippen LogP contribution in [0.3, 0.4) is 0 Å². The highest BCUT2D eigenvalue weighted by Crippen LogP contribution is 2.35. The molecule has 0 unspecified atom stereocenters. The summed E-state index contributed by atoms with van der Waals surface area (Å²) in [7, 11) is -0.681. The fraction of sp³-hybridized carbons (Fsp3) is 0.190. The zero-order valence-corrected chi connectivity index (χ0v) is 16.6. The van der Waals surface area contributed by atoms with Gasteiger partial charge < -0.3 is 9.84 Å². The van der Waals surface area contributed by atoms with Crippen LogP contribution in [0.1, 0.15) is 11.1 Å². The molecule has 1 aromatic heterocycles. The van der Waals surface area contributed by atoms with Crippen molar-refractivity contribution < 1.29 is 18.3 Å². The van der Waals surface area contributed by atoms with Crippen molar-refractivity contribution in [2.24, 2.45) is 0 Å². The van der Waals surface area contributed by atoms with Gasteiger partial charge in [0.15, 0.2) is 0 Å². The third-order valence-electron chi connectivity index (χ3n) is 4.49. The number of aliphatic hydroxyl groups is 1. The van der Waals surface area contributed by atoms with Crippen LogP contribution >= 0.6 is 0 Å². The van der Waals surface area contributed by atoms with E-state index in [1.165, 1.54) is 24.5 Å². The minimum atomic E-state index is -3.71. The van der Waals surface area contributed by atoms with Gasteiger partial charge in [-0.15, -0.1) is 0 Å². The van der Waals surface area contributed by atoms with Crippen LogP contribution in [-0.2, 0) is 23.2 Å². The fourth-order valence-electron chi connectivity index (χ4n) is 2.99. The van der Waals surface area contributed by atoms with Crippen molar-refractivity contribution in [3.8, 4) is 16.9 Å². The van der Waals surface area contributed by atoms with Gasteiger partial charge >= 0.3 is 0 Å². The number of ether oxygens (including phenoxy) is 1. The molecule has 1 heterocycles. The molecule has 0 saturated heterocycles. The van der Waals surface area contributed by atoms with Crippen LogP contribution in [0.15, 0.2) is 71.9 Å². The monoisotopic (exact) mass is 398 g/mol. The summed E-state index contributed by atoms with van der Waals surface area (Å²) < 4.78 is 32.7. The molecule has 0 bridgehead atoms. The zero-order valence-electron chi connectivity index (χ0n) is 15.7. The number of aliphatic hydroxyl groups excluding tert-OH is 1. The molecule has 0 amide bonds. The van der Waals surface area contributed by atoms with Crippen LogP contribution in [0.4, 0.5) is 0 Å². The first-order chi connectivity index (χ1) is 13.5. The maximum Gasteiger partial charge on any atom is 0.243 e. The van der Waals surface area contributed by atoms with Gasteiger partial charge in [-0.1, -0.05) is 30.3 Å². The number of nitrogens with zero attached hydrogens (tertiary/aromatic N) is 2. The largest absolute Gasteiger partial charge is 0.496 e. The van der Waals surface area contributed by atoms with E-state index in [9.17, 15) is 13.5 Å². The molecule has 2 aromatic carbocycles. The standard InChI is InChI=1S/C21H22N2O4S/c1-23(14-16-6-5-11-22-13-16)28(25,26)18-9-10-20(21(12-18)27-2)19-8-4-3-7-17(19)15-24/h3-13,24H,14-15H2,1-2H3. The second-order valence-electron chi connectivity index (χ2n) is 6.30. The van der Waals surface area contributed by atoms with Crippen molar-refractivity contribution in [3.05, 3.63) is 78.1 Å². The fourth-order valence-corrected chi connectivity index (χ4v) is 4.16. The normalized spacial score (nSPS) is 11.6. The summed E-state index contributed by atoms with van der Waals surface area (Å²) in [4.78, 5) is 4.16. The molecular weight excluding hydrogens is 376 g/mol. The van der Waals surface area contributed by atoms with Crippen LogP contribution in [0.5, 0.6) is 5.75 Å². The van der Waals surface area contributed by atoms with Gasteiger partial charge in [-0.05, 0) is 34.9 Å². The van der Waals surface area contributed by atoms with E-state index in [0.717, 1.165) is 22.3 Å². The number of benzene rings is 2. The Hall–Kier alpha value is -2.74. The molecule has 3 aromatic rings. The highest BCUT2D eigenvalue weighted by molar-refractivity contribution is 7.89. The van der Waals surface area contributed by atoms with E-state index in [4.69, 9.17) is 4.74 Å². The van der Waals surface area contributed by atoms with Gasteiger partial charge in [-0.3, -0.25) is 4.98 Å². The van der Waals surface area contributed by atoms with Gasteiger partial charge in [0.2, 0.25) is 10.0 Å². The van der Waals surface area contributed by atoms with Gasteiger partial charge in [0.05, 0.1) is 18.6 Å². The van der Waals surface area contributed by atoms with Crippen molar-refractivity contribution in [1.29, 1.82) is 0 Å². The minimum absolute atomic E-state index is 0.118. The van der Waals surface area contributed by atoms with E-state index >= 15 is 0 Å². The van der Waals surface area contributed by atoms with Crippen LogP contribution in [-0.4, -0.2) is 37.0 Å². The van der Waals surface area contributed by atoms with Gasteiger partial charge in [0.1, 0.15) is 5.75 Å². The molecule has 0 aliphatic carbocycles. The molecule has 1 N–H and O–H groups in total. The van der Waals surface area contributed by atoms with Crippen molar-refractivity contribution in [2.75, 3.05) is 14.2 Å². The van der Waals surface area contributed by atoms with Crippen molar-refractivity contribution in [2.45, 2.75) is 18.0 Å². The van der Waals surface area contributed by atoms with E-state index in [2.05, 4.69) is 4.98 Å². The van der Waals surface area contributed by atoms with Crippen molar-refractivity contribution >= 4 is 10.0 Å². The van der Waals surface area contributed by atoms with Crippen molar-refractivity contribution in [1.82, 2.24) is 9.29 Å². The molecule has 0 saturated carbocycles. The molecule has 7 heteroatoms. The summed E-state index contributed by atoms with van der Waals surface area (Å²) in [5.41, 5.74) is 3.06. The molecule has 0 aliphatic rings. The molecule has 0 atom stereocenters. The molecule has 0 radical (unpaired) electrons. The Balaban J connectivity index is 1.97. The lowest BCUT2D eigenvalue weighted by atomic mass is 9.99. The van der Waals surface area contributed by atoms with Crippen molar-refractivity contribution in [3.63, 3.8) is 0 Å². The SMILES string of the molecule is COc1cc(S(=O)(=O)N(C)Cc2cccnc2)ccc1-c1ccccc1CO. The number of hydrogen-bond acceptors (Lipinski definition) is 5. The second-order valence-corrected chi connectivity index (χ2v) is 8.34. The molecular formula is C21H22N2O4S. The molecule has 28 heavy (non-hydrogen) atoms. The summed E-state index contributed by atoms with van der Waals surface area (Å²) >= 11 is 0. The Labute approximate surface area is 165 Å². The summed E-state index contributed by atoms with van der Waals surface area (Å²) in [6.07, 6.45) is 3.29. The number of sulfonamides is 1. The first-order valence-electron chi connectivity index (χ1n) is 8.69. The maximum absolute atomic E-state index is 13.0. The topological polar surface area (TPSA) is 79.7 Å². The lowest BCUT2D eigenvalue weighted by Gasteiger charge is -2.19. The Bertz CT molecular complexity index is 1050. The second kappa shape index (κ2) is 8.52. The van der Waals surface area contributed by atoms with Crippen LogP contribution in [0, 0.1) is 0 Å². The first kappa shape index (κ1) is 20.0. The minimum Gasteiger partial charge on any atom is -0.496 e. The highest BCUT2D eigenvalue weighted by atomic mass is 32.2. The third kappa shape index (κ3) is 4.06. The van der Waals surface area contributed by atoms with E-state index in [0.29, 0.717) is 5.75 Å². The highest BCUT2D eigenvalue weighted by Gasteiger charge is 2.23. The molecule has 0 aliphatic heterocycles. The van der Waals surface area contributed by atoms with Gasteiger partial charge in [0, 0.05) is 37.6 Å². The summed E-state index contributed by atoms with van der Waals surface area (Å²) in [6, 6.07) is 15.8. The van der Waals surface area contributed by atoms with Crippen LogP contribution in [0.25, 0.3) is 11.1 Å². The number of methoxy groups -OCH3 is 1. The summed E-state index contributed by atoms with van der Waals surface area (Å²) in [5, 5.41) is 9.59. The van der Waals surface area contributed by atoms with Crippen LogP contribution < -0.4 is 4.74 Å². The molecule has 6 nitrogen and oxygen atoms in total. The summed E-state index contributed by atoms with van der Waals surface area (Å²) in [6.45, 7) is 0.0980. The Morgan fingerprint density at radius 2 is 1.86 bits per heavy atom. The average Bonchev–Trinajstić information content (AvgIpc) is 2.73. The number of aromatic nitrogens is 1. The summed E-state index contributed by atoms with van der Waals surface area (Å²) in [5.74, 6) is 0.428. The van der Waals surface area contributed by atoms with E-state index in [-0.39, 0.29) is 18.0 Å². The Kier molecular flexibility index (Phi) is 6.08. The third-order valence-corrected chi connectivity index (χ3v) is 6.29. The molecule has 0 spiro atoms. The Morgan fingerprint density at radius 1 is 1.07 bits per heavy atom. The number of pyridine rings is 1. The number of rotatable bonds is 7. The molecule has 146 valence electrons. The lowest BCUT2D eigenvalue weighted by Crippen LogP contribution is -2.26. The molecule has 3 rings (SSSR count). The maximum atomic E-state index is 13.0. The van der Waals surface area contributed by atoms with Gasteiger partial charge in [-0.2, -0.15) is 4.31 Å². The lowest BCUT2D eigenvalue weighted by molar-refractivity contribution is 0.282. The number of hydrogen-bond donors (Lipinski definition) is 1. The first-order valence-corrected chi connectivity index (χ1v) is 10.1. The van der Waals surface area contributed by atoms with E-state index in [1.54, 1.807) is 30.6 Å².